The molecule has 3 rings (SSSR count). The van der Waals surface area contributed by atoms with Gasteiger partial charge in [-0.3, -0.25) is 0 Å². The van der Waals surface area contributed by atoms with Crippen molar-refractivity contribution >= 4 is 11.0 Å². The summed E-state index contributed by atoms with van der Waals surface area (Å²) in [5, 5.41) is 0. The molecular formula is C15H11F3N2. The lowest BCUT2D eigenvalue weighted by Gasteiger charge is -2.12. The molecule has 20 heavy (non-hydrogen) atoms. The summed E-state index contributed by atoms with van der Waals surface area (Å²) in [5.74, 6) is 0. The molecule has 0 saturated heterocycles. The topological polar surface area (TPSA) is 28.7 Å². The molecule has 0 amide bonds. The Morgan fingerprint density at radius 2 is 1.70 bits per heavy atom. The van der Waals surface area contributed by atoms with Gasteiger partial charge in [0.2, 0.25) is 0 Å². The number of nitrogens with zero attached hydrogens (tertiary/aromatic N) is 1. The predicted molar refractivity (Wildman–Crippen MR) is 71.3 cm³/mol. The number of hydrogen-bond donors (Lipinski definition) is 1. The Morgan fingerprint density at radius 3 is 2.45 bits per heavy atom. The monoisotopic (exact) mass is 276 g/mol. The molecule has 5 heteroatoms. The molecule has 2 aromatic carbocycles. The highest BCUT2D eigenvalue weighted by molar-refractivity contribution is 5.81. The van der Waals surface area contributed by atoms with Crippen molar-refractivity contribution < 1.29 is 13.2 Å². The third-order valence-corrected chi connectivity index (χ3v) is 3.30. The molecular weight excluding hydrogens is 265 g/mol. The number of benzene rings is 2. The van der Waals surface area contributed by atoms with Gasteiger partial charge in [0.25, 0.3) is 0 Å². The second-order valence-corrected chi connectivity index (χ2v) is 4.66. The standard InChI is InChI=1S/C15H11F3N2/c1-9-2-3-10(6-12(9)15(16,17)18)11-4-5-13-14(7-11)20-8-19-13/h2-8H,1H3,(H,19,20). The van der Waals surface area contributed by atoms with Gasteiger partial charge < -0.3 is 4.98 Å². The Labute approximate surface area is 113 Å². The van der Waals surface area contributed by atoms with E-state index in [0.29, 0.717) is 5.56 Å². The molecule has 3 aromatic rings. The van der Waals surface area contributed by atoms with E-state index in [9.17, 15) is 13.2 Å². The zero-order chi connectivity index (χ0) is 14.3. The molecule has 1 aromatic heterocycles. The van der Waals surface area contributed by atoms with E-state index in [2.05, 4.69) is 9.97 Å². The van der Waals surface area contributed by atoms with Gasteiger partial charge in [0.1, 0.15) is 0 Å². The zero-order valence-corrected chi connectivity index (χ0v) is 10.6. The summed E-state index contributed by atoms with van der Waals surface area (Å²) in [4.78, 5) is 7.04. The molecule has 0 fully saturated rings. The molecule has 0 unspecified atom stereocenters. The van der Waals surface area contributed by atoms with Crippen LogP contribution in [0, 0.1) is 6.92 Å². The Hall–Kier alpha value is -2.30. The smallest absolute Gasteiger partial charge is 0.345 e. The third-order valence-electron chi connectivity index (χ3n) is 3.30. The third kappa shape index (κ3) is 2.15. The van der Waals surface area contributed by atoms with Gasteiger partial charge in [-0.15, -0.1) is 0 Å². The number of fused-ring (bicyclic) bond motifs is 1. The Bertz CT molecular complexity index is 772. The molecule has 0 aliphatic carbocycles. The van der Waals surface area contributed by atoms with Crippen LogP contribution in [0.3, 0.4) is 0 Å². The Morgan fingerprint density at radius 1 is 1.00 bits per heavy atom. The highest BCUT2D eigenvalue weighted by atomic mass is 19.4. The first-order valence-corrected chi connectivity index (χ1v) is 6.06. The largest absolute Gasteiger partial charge is 0.416 e. The summed E-state index contributed by atoms with van der Waals surface area (Å²) in [6.07, 6.45) is -2.77. The number of halogens is 3. The molecule has 0 bridgehead atoms. The maximum absolute atomic E-state index is 12.9. The average molecular weight is 276 g/mol. The summed E-state index contributed by atoms with van der Waals surface area (Å²) in [5.41, 5.74) is 2.49. The second-order valence-electron chi connectivity index (χ2n) is 4.66. The van der Waals surface area contributed by atoms with Crippen LogP contribution >= 0.6 is 0 Å². The SMILES string of the molecule is Cc1ccc(-c2ccc3nc[nH]c3c2)cc1C(F)(F)F. The predicted octanol–water partition coefficient (Wildman–Crippen LogP) is 4.56. The number of aromatic nitrogens is 2. The fraction of sp³-hybridized carbons (Fsp3) is 0.133. The highest BCUT2D eigenvalue weighted by Gasteiger charge is 2.32. The van der Waals surface area contributed by atoms with E-state index in [4.69, 9.17) is 0 Å². The molecule has 0 radical (unpaired) electrons. The first-order chi connectivity index (χ1) is 9.45. The number of aromatic amines is 1. The molecule has 1 heterocycles. The van der Waals surface area contributed by atoms with Gasteiger partial charge in [0, 0.05) is 0 Å². The van der Waals surface area contributed by atoms with E-state index in [1.165, 1.54) is 19.1 Å². The van der Waals surface area contributed by atoms with Gasteiger partial charge >= 0.3 is 6.18 Å². The first-order valence-electron chi connectivity index (χ1n) is 6.06. The fourth-order valence-electron chi connectivity index (χ4n) is 2.22. The van der Waals surface area contributed by atoms with E-state index in [1.54, 1.807) is 30.6 Å². The maximum atomic E-state index is 12.9. The van der Waals surface area contributed by atoms with Crippen molar-refractivity contribution in [2.75, 3.05) is 0 Å². The van der Waals surface area contributed by atoms with Crippen LogP contribution in [-0.2, 0) is 6.18 Å². The van der Waals surface area contributed by atoms with Crippen LogP contribution in [0.25, 0.3) is 22.2 Å². The van der Waals surface area contributed by atoms with E-state index in [1.807, 2.05) is 0 Å². The molecule has 0 aliphatic rings. The van der Waals surface area contributed by atoms with E-state index in [-0.39, 0.29) is 5.56 Å². The van der Waals surface area contributed by atoms with Gasteiger partial charge in [-0.1, -0.05) is 18.2 Å². The minimum absolute atomic E-state index is 0.226. The summed E-state index contributed by atoms with van der Waals surface area (Å²) in [6.45, 7) is 1.46. The van der Waals surface area contributed by atoms with Crippen molar-refractivity contribution in [1.29, 1.82) is 0 Å². The van der Waals surface area contributed by atoms with E-state index < -0.39 is 11.7 Å². The van der Waals surface area contributed by atoms with Gasteiger partial charge in [0.15, 0.2) is 0 Å². The molecule has 1 N–H and O–H groups in total. The van der Waals surface area contributed by atoms with Gasteiger partial charge in [0.05, 0.1) is 22.9 Å². The molecule has 0 spiro atoms. The van der Waals surface area contributed by atoms with Crippen molar-refractivity contribution in [2.45, 2.75) is 13.1 Å². The summed E-state index contributed by atoms with van der Waals surface area (Å²) in [6, 6.07) is 9.74. The van der Waals surface area contributed by atoms with E-state index >= 15 is 0 Å². The fourth-order valence-corrected chi connectivity index (χ4v) is 2.22. The lowest BCUT2D eigenvalue weighted by atomic mass is 9.99. The number of rotatable bonds is 1. The van der Waals surface area contributed by atoms with Gasteiger partial charge in [-0.2, -0.15) is 13.2 Å². The van der Waals surface area contributed by atoms with Crippen LogP contribution in [-0.4, -0.2) is 9.97 Å². The zero-order valence-electron chi connectivity index (χ0n) is 10.6. The van der Waals surface area contributed by atoms with Gasteiger partial charge in [-0.05, 0) is 41.8 Å². The Kier molecular flexibility index (Phi) is 2.78. The Balaban J connectivity index is 2.14. The molecule has 0 aliphatic heterocycles. The van der Waals surface area contributed by atoms with Crippen molar-refractivity contribution in [3.63, 3.8) is 0 Å². The normalized spacial score (nSPS) is 12.0. The molecule has 0 atom stereocenters. The lowest BCUT2D eigenvalue weighted by Crippen LogP contribution is -2.07. The number of hydrogen-bond acceptors (Lipinski definition) is 1. The van der Waals surface area contributed by atoms with Crippen LogP contribution in [0.5, 0.6) is 0 Å². The summed E-state index contributed by atoms with van der Waals surface area (Å²) >= 11 is 0. The van der Waals surface area contributed by atoms with Crippen LogP contribution in [0.2, 0.25) is 0 Å². The van der Waals surface area contributed by atoms with Gasteiger partial charge in [-0.25, -0.2) is 4.98 Å². The quantitative estimate of drug-likeness (QED) is 0.693. The summed E-state index contributed by atoms with van der Waals surface area (Å²) in [7, 11) is 0. The van der Waals surface area contributed by atoms with Crippen LogP contribution in [0.1, 0.15) is 11.1 Å². The minimum atomic E-state index is -4.34. The number of alkyl halides is 3. The average Bonchev–Trinajstić information content (AvgIpc) is 2.85. The number of nitrogens with one attached hydrogen (secondary N) is 1. The van der Waals surface area contributed by atoms with Crippen LogP contribution in [0.15, 0.2) is 42.7 Å². The molecule has 0 saturated carbocycles. The van der Waals surface area contributed by atoms with Crippen LogP contribution < -0.4 is 0 Å². The minimum Gasteiger partial charge on any atom is -0.345 e. The second kappa shape index (κ2) is 4.37. The number of H-pyrrole nitrogens is 1. The molecule has 102 valence electrons. The summed E-state index contributed by atoms with van der Waals surface area (Å²) < 4.78 is 38.8. The lowest BCUT2D eigenvalue weighted by molar-refractivity contribution is -0.138. The maximum Gasteiger partial charge on any atom is 0.416 e. The number of aryl methyl sites for hydroxylation is 1. The number of imidazole rings is 1. The first kappa shape index (κ1) is 12.7. The van der Waals surface area contributed by atoms with Crippen molar-refractivity contribution in [1.82, 2.24) is 9.97 Å². The van der Waals surface area contributed by atoms with Crippen molar-refractivity contribution in [2.24, 2.45) is 0 Å². The highest BCUT2D eigenvalue weighted by Crippen LogP contribution is 2.35. The van der Waals surface area contributed by atoms with Crippen LogP contribution in [0.4, 0.5) is 13.2 Å². The van der Waals surface area contributed by atoms with E-state index in [0.717, 1.165) is 16.6 Å². The van der Waals surface area contributed by atoms with Crippen molar-refractivity contribution in [3.8, 4) is 11.1 Å². The molecule has 2 nitrogen and oxygen atoms in total. The van der Waals surface area contributed by atoms with Crippen molar-refractivity contribution in [3.05, 3.63) is 53.9 Å².